The highest BCUT2D eigenvalue weighted by Crippen LogP contribution is 2.34. The average molecular weight is 333 g/mol. The first-order valence-corrected chi connectivity index (χ1v) is 8.07. The van der Waals surface area contributed by atoms with Gasteiger partial charge in [0.2, 0.25) is 0 Å². The van der Waals surface area contributed by atoms with E-state index in [1.165, 1.54) is 18.2 Å². The molecule has 5 heteroatoms. The van der Waals surface area contributed by atoms with E-state index >= 15 is 0 Å². The molecule has 3 rings (SSSR count). The number of ether oxygens (including phenoxy) is 1. The minimum Gasteiger partial charge on any atom is -0.496 e. The number of rotatable bonds is 5. The quantitative estimate of drug-likeness (QED) is 0.909. The highest BCUT2D eigenvalue weighted by atomic mass is 19.1. The standard InChI is InChI=1S/C19H21F2NO2/c1-24-18-8-3-2-5-14(18)13-9-10-22(11-13)12-17(23)19-15(20)6-4-7-16(19)21/h2-8,13,17,23H,9-12H2,1H3. The van der Waals surface area contributed by atoms with E-state index in [9.17, 15) is 13.9 Å². The molecule has 0 bridgehead atoms. The molecule has 1 saturated heterocycles. The van der Waals surface area contributed by atoms with Crippen LogP contribution in [0.25, 0.3) is 0 Å². The van der Waals surface area contributed by atoms with Crippen molar-refractivity contribution >= 4 is 0 Å². The molecule has 1 heterocycles. The van der Waals surface area contributed by atoms with Gasteiger partial charge in [-0.05, 0) is 36.7 Å². The first-order chi connectivity index (χ1) is 11.6. The van der Waals surface area contributed by atoms with E-state index in [1.54, 1.807) is 7.11 Å². The molecule has 0 amide bonds. The predicted octanol–water partition coefficient (Wildman–Crippen LogP) is 3.50. The molecule has 0 aromatic heterocycles. The zero-order valence-corrected chi connectivity index (χ0v) is 13.6. The van der Waals surface area contributed by atoms with Gasteiger partial charge in [0.05, 0.1) is 18.8 Å². The number of methoxy groups -OCH3 is 1. The van der Waals surface area contributed by atoms with Crippen molar-refractivity contribution in [2.45, 2.75) is 18.4 Å². The molecule has 1 fully saturated rings. The zero-order valence-electron chi connectivity index (χ0n) is 13.6. The van der Waals surface area contributed by atoms with Gasteiger partial charge in [-0.1, -0.05) is 24.3 Å². The summed E-state index contributed by atoms with van der Waals surface area (Å²) in [7, 11) is 1.65. The Kier molecular flexibility index (Phi) is 5.11. The van der Waals surface area contributed by atoms with Crippen LogP contribution >= 0.6 is 0 Å². The van der Waals surface area contributed by atoms with Crippen LogP contribution in [0.3, 0.4) is 0 Å². The molecule has 3 nitrogen and oxygen atoms in total. The third kappa shape index (κ3) is 3.42. The lowest BCUT2D eigenvalue weighted by Gasteiger charge is -2.21. The minimum atomic E-state index is -1.18. The van der Waals surface area contributed by atoms with Gasteiger partial charge in [0.25, 0.3) is 0 Å². The SMILES string of the molecule is COc1ccccc1C1CCN(CC(O)c2c(F)cccc2F)C1. The van der Waals surface area contributed by atoms with E-state index in [1.807, 2.05) is 29.2 Å². The van der Waals surface area contributed by atoms with E-state index in [0.29, 0.717) is 5.92 Å². The summed E-state index contributed by atoms with van der Waals surface area (Å²) < 4.78 is 33.0. The van der Waals surface area contributed by atoms with Gasteiger partial charge < -0.3 is 9.84 Å². The topological polar surface area (TPSA) is 32.7 Å². The van der Waals surface area contributed by atoms with E-state index < -0.39 is 17.7 Å². The van der Waals surface area contributed by atoms with Crippen LogP contribution in [0.5, 0.6) is 5.75 Å². The molecule has 2 aromatic rings. The molecule has 128 valence electrons. The van der Waals surface area contributed by atoms with Crippen LogP contribution in [0.4, 0.5) is 8.78 Å². The van der Waals surface area contributed by atoms with Gasteiger partial charge in [0.1, 0.15) is 17.4 Å². The number of halogens is 2. The highest BCUT2D eigenvalue weighted by molar-refractivity contribution is 5.37. The largest absolute Gasteiger partial charge is 0.496 e. The Morgan fingerprint density at radius 2 is 1.88 bits per heavy atom. The van der Waals surface area contributed by atoms with E-state index in [4.69, 9.17) is 4.74 Å². The molecule has 1 N–H and O–H groups in total. The number of β-amino-alcohol motifs (C(OH)–C–C–N with tert-alkyl or cyclic N) is 1. The van der Waals surface area contributed by atoms with Crippen LogP contribution in [-0.2, 0) is 0 Å². The van der Waals surface area contributed by atoms with Crippen molar-refractivity contribution in [1.29, 1.82) is 0 Å². The second-order valence-electron chi connectivity index (χ2n) is 6.14. The summed E-state index contributed by atoms with van der Waals surface area (Å²) in [6.07, 6.45) is -0.255. The smallest absolute Gasteiger partial charge is 0.131 e. The Labute approximate surface area is 140 Å². The van der Waals surface area contributed by atoms with E-state index in [0.717, 1.165) is 30.8 Å². The van der Waals surface area contributed by atoms with Crippen molar-refractivity contribution in [3.63, 3.8) is 0 Å². The number of para-hydroxylation sites is 1. The third-order valence-corrected chi connectivity index (χ3v) is 4.62. The number of benzene rings is 2. The monoisotopic (exact) mass is 333 g/mol. The van der Waals surface area contributed by atoms with Crippen LogP contribution in [0.15, 0.2) is 42.5 Å². The fourth-order valence-corrected chi connectivity index (χ4v) is 3.42. The molecular formula is C19H21F2NO2. The van der Waals surface area contributed by atoms with Crippen LogP contribution in [0.1, 0.15) is 29.6 Å². The van der Waals surface area contributed by atoms with Crippen molar-refractivity contribution in [2.24, 2.45) is 0 Å². The molecule has 0 saturated carbocycles. The molecule has 1 aliphatic rings. The summed E-state index contributed by atoms with van der Waals surface area (Å²) >= 11 is 0. The first-order valence-electron chi connectivity index (χ1n) is 8.07. The van der Waals surface area contributed by atoms with Crippen LogP contribution < -0.4 is 4.74 Å². The Balaban J connectivity index is 1.68. The maximum atomic E-state index is 13.8. The number of nitrogens with zero attached hydrogens (tertiary/aromatic N) is 1. The summed E-state index contributed by atoms with van der Waals surface area (Å²) in [5, 5.41) is 10.3. The molecule has 2 atom stereocenters. The molecule has 2 unspecified atom stereocenters. The van der Waals surface area contributed by atoms with Crippen LogP contribution in [0, 0.1) is 11.6 Å². The van der Waals surface area contributed by atoms with Crippen molar-refractivity contribution in [3.8, 4) is 5.75 Å². The van der Waals surface area contributed by atoms with Gasteiger partial charge in [0.15, 0.2) is 0 Å². The Bertz CT molecular complexity index is 687. The van der Waals surface area contributed by atoms with Gasteiger partial charge in [-0.3, -0.25) is 4.90 Å². The second-order valence-corrected chi connectivity index (χ2v) is 6.14. The molecular weight excluding hydrogens is 312 g/mol. The Morgan fingerprint density at radius 3 is 2.58 bits per heavy atom. The van der Waals surface area contributed by atoms with Crippen molar-refractivity contribution in [3.05, 3.63) is 65.2 Å². The van der Waals surface area contributed by atoms with Crippen LogP contribution in [0.2, 0.25) is 0 Å². The maximum absolute atomic E-state index is 13.8. The molecule has 1 aliphatic heterocycles. The number of hydrogen-bond acceptors (Lipinski definition) is 3. The number of aliphatic hydroxyl groups is 1. The van der Waals surface area contributed by atoms with Gasteiger partial charge >= 0.3 is 0 Å². The average Bonchev–Trinajstić information content (AvgIpc) is 3.03. The molecule has 0 radical (unpaired) electrons. The van der Waals surface area contributed by atoms with Crippen molar-refractivity contribution < 1.29 is 18.6 Å². The fourth-order valence-electron chi connectivity index (χ4n) is 3.42. The van der Waals surface area contributed by atoms with Gasteiger partial charge in [-0.25, -0.2) is 8.78 Å². The molecule has 0 aliphatic carbocycles. The lowest BCUT2D eigenvalue weighted by molar-refractivity contribution is 0.118. The summed E-state index contributed by atoms with van der Waals surface area (Å²) in [6, 6.07) is 11.5. The van der Waals surface area contributed by atoms with Crippen molar-refractivity contribution in [1.82, 2.24) is 4.90 Å². The molecule has 24 heavy (non-hydrogen) atoms. The third-order valence-electron chi connectivity index (χ3n) is 4.62. The Hall–Kier alpha value is -1.98. The molecule has 2 aromatic carbocycles. The van der Waals surface area contributed by atoms with Crippen molar-refractivity contribution in [2.75, 3.05) is 26.7 Å². The second kappa shape index (κ2) is 7.28. The minimum absolute atomic E-state index is 0.212. The lowest BCUT2D eigenvalue weighted by atomic mass is 9.97. The highest BCUT2D eigenvalue weighted by Gasteiger charge is 2.28. The zero-order chi connectivity index (χ0) is 17.1. The number of likely N-dealkylation sites (tertiary alicyclic amines) is 1. The van der Waals surface area contributed by atoms with E-state index in [-0.39, 0.29) is 12.1 Å². The van der Waals surface area contributed by atoms with Gasteiger partial charge in [-0.2, -0.15) is 0 Å². The summed E-state index contributed by atoms with van der Waals surface area (Å²) in [6.45, 7) is 1.72. The summed E-state index contributed by atoms with van der Waals surface area (Å²) in [5.74, 6) is -0.269. The van der Waals surface area contributed by atoms with Crippen LogP contribution in [-0.4, -0.2) is 36.8 Å². The normalized spacial score (nSPS) is 19.4. The number of hydrogen-bond donors (Lipinski definition) is 1. The summed E-state index contributed by atoms with van der Waals surface area (Å²) in [5.41, 5.74) is 0.882. The van der Waals surface area contributed by atoms with Gasteiger partial charge in [0, 0.05) is 19.0 Å². The van der Waals surface area contributed by atoms with Gasteiger partial charge in [-0.15, -0.1) is 0 Å². The predicted molar refractivity (Wildman–Crippen MR) is 88.1 cm³/mol. The molecule has 0 spiro atoms. The lowest BCUT2D eigenvalue weighted by Crippen LogP contribution is -2.27. The first kappa shape index (κ1) is 16.9. The fraction of sp³-hybridized carbons (Fsp3) is 0.368. The summed E-state index contributed by atoms with van der Waals surface area (Å²) in [4.78, 5) is 2.04. The number of aliphatic hydroxyl groups excluding tert-OH is 1. The maximum Gasteiger partial charge on any atom is 0.131 e. The van der Waals surface area contributed by atoms with E-state index in [2.05, 4.69) is 0 Å². The Morgan fingerprint density at radius 1 is 1.17 bits per heavy atom.